The molecule has 3 N–H and O–H groups in total. The van der Waals surface area contributed by atoms with Crippen molar-refractivity contribution in [2.75, 3.05) is 26.7 Å². The number of nitrogens with zero attached hydrogens (tertiary/aromatic N) is 2. The smallest absolute Gasteiger partial charge is 0.407 e. The summed E-state index contributed by atoms with van der Waals surface area (Å²) >= 11 is 1.70. The molecule has 0 fully saturated rings. The Morgan fingerprint density at radius 1 is 1.24 bits per heavy atom. The predicted octanol–water partition coefficient (Wildman–Crippen LogP) is 2.69. The fourth-order valence-electron chi connectivity index (χ4n) is 1.84. The first-order chi connectivity index (χ1) is 11.3. The molecule has 1 aromatic heterocycles. The van der Waals surface area contributed by atoms with Crippen molar-refractivity contribution in [2.24, 2.45) is 4.99 Å². The van der Waals surface area contributed by atoms with Crippen LogP contribution in [0.25, 0.3) is 0 Å². The third-order valence-corrected chi connectivity index (χ3v) is 3.86. The van der Waals surface area contributed by atoms with Gasteiger partial charge >= 0.3 is 6.09 Å². The molecule has 0 spiro atoms. The number of hydrogen-bond acceptors (Lipinski definition) is 5. The fraction of sp³-hybridized carbons (Fsp3) is 0.688. The lowest BCUT2D eigenvalue weighted by Gasteiger charge is -2.19. The molecule has 25 heavy (non-hydrogen) atoms. The van der Waals surface area contributed by atoms with Gasteiger partial charge in [-0.25, -0.2) is 9.78 Å². The highest BCUT2D eigenvalue weighted by molar-refractivity contribution is 14.0. The van der Waals surface area contributed by atoms with Crippen molar-refractivity contribution in [1.29, 1.82) is 0 Å². The van der Waals surface area contributed by atoms with Crippen LogP contribution in [0.3, 0.4) is 0 Å². The van der Waals surface area contributed by atoms with E-state index in [4.69, 9.17) is 4.74 Å². The number of guanidine groups is 1. The zero-order valence-corrected chi connectivity index (χ0v) is 18.8. The standard InChI is InChI=1S/C16H29N5O2S.HI/c1-12-11-24-13(21-12)7-6-8-18-14(17-5)19-9-10-20-15(22)23-16(2,3)4;/h11H,6-10H2,1-5H3,(H,20,22)(H2,17,18,19);1H. The maximum atomic E-state index is 11.5. The van der Waals surface area contributed by atoms with Crippen molar-refractivity contribution < 1.29 is 9.53 Å². The fourth-order valence-corrected chi connectivity index (χ4v) is 2.66. The number of thiazole rings is 1. The lowest BCUT2D eigenvalue weighted by molar-refractivity contribution is 0.0529. The molecule has 144 valence electrons. The minimum absolute atomic E-state index is 0. The van der Waals surface area contributed by atoms with E-state index in [0.29, 0.717) is 13.1 Å². The summed E-state index contributed by atoms with van der Waals surface area (Å²) in [6.45, 7) is 9.38. The monoisotopic (exact) mass is 483 g/mol. The molecule has 0 aliphatic heterocycles. The molecule has 0 saturated carbocycles. The number of rotatable bonds is 7. The Kier molecular flexibility index (Phi) is 11.7. The van der Waals surface area contributed by atoms with Crippen LogP contribution in [0.5, 0.6) is 0 Å². The van der Waals surface area contributed by atoms with Gasteiger partial charge in [0.1, 0.15) is 5.60 Å². The van der Waals surface area contributed by atoms with Crippen molar-refractivity contribution in [3.05, 3.63) is 16.1 Å². The third-order valence-electron chi connectivity index (χ3n) is 2.84. The number of hydrogen-bond donors (Lipinski definition) is 3. The zero-order chi connectivity index (χ0) is 18.0. The van der Waals surface area contributed by atoms with Gasteiger partial charge in [-0.3, -0.25) is 4.99 Å². The molecule has 0 aliphatic rings. The number of ether oxygens (including phenoxy) is 1. The number of aryl methyl sites for hydroxylation is 2. The van der Waals surface area contributed by atoms with E-state index in [2.05, 4.69) is 31.3 Å². The molecular weight excluding hydrogens is 453 g/mol. The van der Waals surface area contributed by atoms with Gasteiger partial charge in [0.15, 0.2) is 5.96 Å². The highest BCUT2D eigenvalue weighted by Gasteiger charge is 2.15. The molecule has 0 aromatic carbocycles. The van der Waals surface area contributed by atoms with Crippen LogP contribution in [0.2, 0.25) is 0 Å². The lowest BCUT2D eigenvalue weighted by Crippen LogP contribution is -2.42. The molecule has 0 atom stereocenters. The van der Waals surface area contributed by atoms with Crippen molar-refractivity contribution in [3.8, 4) is 0 Å². The Bertz CT molecular complexity index is 543. The van der Waals surface area contributed by atoms with Crippen molar-refractivity contribution in [3.63, 3.8) is 0 Å². The number of aromatic nitrogens is 1. The van der Waals surface area contributed by atoms with Crippen LogP contribution in [-0.4, -0.2) is 49.3 Å². The number of alkyl carbamates (subject to hydrolysis) is 1. The number of halogens is 1. The molecule has 0 saturated heterocycles. The van der Waals surface area contributed by atoms with Gasteiger partial charge in [-0.05, 0) is 34.1 Å². The first kappa shape index (κ1) is 23.9. The van der Waals surface area contributed by atoms with E-state index in [-0.39, 0.29) is 24.0 Å². The van der Waals surface area contributed by atoms with E-state index < -0.39 is 11.7 Å². The molecule has 1 heterocycles. The van der Waals surface area contributed by atoms with Crippen LogP contribution in [0, 0.1) is 6.92 Å². The second-order valence-electron chi connectivity index (χ2n) is 6.34. The molecular formula is C16H30IN5O2S. The number of carbonyl (C=O) groups is 1. The molecule has 9 heteroatoms. The number of nitrogens with one attached hydrogen (secondary N) is 3. The maximum Gasteiger partial charge on any atom is 0.407 e. The molecule has 1 aromatic rings. The Hall–Kier alpha value is -1.10. The third kappa shape index (κ3) is 12.0. The van der Waals surface area contributed by atoms with Crippen molar-refractivity contribution in [2.45, 2.75) is 46.1 Å². The van der Waals surface area contributed by atoms with Crippen LogP contribution in [-0.2, 0) is 11.2 Å². The summed E-state index contributed by atoms with van der Waals surface area (Å²) in [5.41, 5.74) is 0.600. The van der Waals surface area contributed by atoms with E-state index in [0.717, 1.165) is 31.0 Å². The first-order valence-corrected chi connectivity index (χ1v) is 9.00. The Labute approximate surface area is 171 Å². The Morgan fingerprint density at radius 2 is 1.88 bits per heavy atom. The highest BCUT2D eigenvalue weighted by Crippen LogP contribution is 2.10. The SMILES string of the molecule is CN=C(NCCCc1nc(C)cs1)NCCNC(=O)OC(C)(C)C.I. The van der Waals surface area contributed by atoms with Crippen LogP contribution in [0.4, 0.5) is 4.79 Å². The topological polar surface area (TPSA) is 87.6 Å². The number of aliphatic imine (C=N–C) groups is 1. The lowest BCUT2D eigenvalue weighted by atomic mass is 10.2. The summed E-state index contributed by atoms with van der Waals surface area (Å²) in [5, 5.41) is 12.3. The van der Waals surface area contributed by atoms with Gasteiger partial charge in [0, 0.05) is 44.2 Å². The van der Waals surface area contributed by atoms with Crippen LogP contribution < -0.4 is 16.0 Å². The van der Waals surface area contributed by atoms with E-state index in [1.165, 1.54) is 5.01 Å². The normalized spacial score (nSPS) is 11.5. The number of amides is 1. The molecule has 0 bridgehead atoms. The Morgan fingerprint density at radius 3 is 2.44 bits per heavy atom. The average molecular weight is 483 g/mol. The summed E-state index contributed by atoms with van der Waals surface area (Å²) < 4.78 is 5.17. The van der Waals surface area contributed by atoms with Crippen LogP contribution in [0.15, 0.2) is 10.4 Å². The predicted molar refractivity (Wildman–Crippen MR) is 114 cm³/mol. The molecule has 1 rings (SSSR count). The van der Waals surface area contributed by atoms with Crippen LogP contribution >= 0.6 is 35.3 Å². The van der Waals surface area contributed by atoms with E-state index in [9.17, 15) is 4.79 Å². The van der Waals surface area contributed by atoms with Gasteiger partial charge < -0.3 is 20.7 Å². The summed E-state index contributed by atoms with van der Waals surface area (Å²) in [5.74, 6) is 0.719. The minimum atomic E-state index is -0.481. The largest absolute Gasteiger partial charge is 0.444 e. The summed E-state index contributed by atoms with van der Waals surface area (Å²) in [7, 11) is 1.72. The quantitative estimate of drug-likeness (QED) is 0.240. The first-order valence-electron chi connectivity index (χ1n) is 8.12. The highest BCUT2D eigenvalue weighted by atomic mass is 127. The van der Waals surface area contributed by atoms with Gasteiger partial charge in [-0.2, -0.15) is 0 Å². The van der Waals surface area contributed by atoms with Gasteiger partial charge in [0.25, 0.3) is 0 Å². The van der Waals surface area contributed by atoms with Gasteiger partial charge in [0.2, 0.25) is 0 Å². The summed E-state index contributed by atoms with van der Waals surface area (Å²) in [6, 6.07) is 0. The molecule has 1 amide bonds. The zero-order valence-electron chi connectivity index (χ0n) is 15.6. The van der Waals surface area contributed by atoms with Gasteiger partial charge in [-0.1, -0.05) is 0 Å². The van der Waals surface area contributed by atoms with E-state index in [1.54, 1.807) is 18.4 Å². The van der Waals surface area contributed by atoms with E-state index in [1.807, 2.05) is 27.7 Å². The van der Waals surface area contributed by atoms with Crippen LogP contribution in [0.1, 0.15) is 37.9 Å². The minimum Gasteiger partial charge on any atom is -0.444 e. The summed E-state index contributed by atoms with van der Waals surface area (Å²) in [4.78, 5) is 20.1. The summed E-state index contributed by atoms with van der Waals surface area (Å²) in [6.07, 6.45) is 1.54. The molecule has 0 unspecified atom stereocenters. The Balaban J connectivity index is 0.00000576. The van der Waals surface area contributed by atoms with Crippen molar-refractivity contribution in [1.82, 2.24) is 20.9 Å². The van der Waals surface area contributed by atoms with Crippen molar-refractivity contribution >= 4 is 47.4 Å². The molecule has 0 aliphatic carbocycles. The van der Waals surface area contributed by atoms with Gasteiger partial charge in [0.05, 0.1) is 5.01 Å². The van der Waals surface area contributed by atoms with Gasteiger partial charge in [-0.15, -0.1) is 35.3 Å². The maximum absolute atomic E-state index is 11.5. The second kappa shape index (κ2) is 12.3. The second-order valence-corrected chi connectivity index (χ2v) is 7.28. The number of carbonyl (C=O) groups excluding carboxylic acids is 1. The molecule has 0 radical (unpaired) electrons. The average Bonchev–Trinajstić information content (AvgIpc) is 2.89. The molecule has 7 nitrogen and oxygen atoms in total. The van der Waals surface area contributed by atoms with E-state index >= 15 is 0 Å².